The highest BCUT2D eigenvalue weighted by Crippen LogP contribution is 2.43. The third-order valence-electron chi connectivity index (χ3n) is 8.27. The van der Waals surface area contributed by atoms with Crippen molar-refractivity contribution in [1.29, 1.82) is 0 Å². The van der Waals surface area contributed by atoms with E-state index in [9.17, 15) is 15.1 Å². The Labute approximate surface area is 372 Å². The number of benzene rings is 8. The van der Waals surface area contributed by atoms with Crippen LogP contribution in [0.3, 0.4) is 0 Å². The van der Waals surface area contributed by atoms with Crippen molar-refractivity contribution in [3.05, 3.63) is 193 Å². The highest BCUT2D eigenvalue weighted by molar-refractivity contribution is 6.13. The van der Waals surface area contributed by atoms with Crippen LogP contribution in [0.15, 0.2) is 202 Å². The highest BCUT2D eigenvalue weighted by Gasteiger charge is 2.21. The fourth-order valence-corrected chi connectivity index (χ4v) is 5.81. The van der Waals surface area contributed by atoms with Gasteiger partial charge in [0.2, 0.25) is 0 Å². The number of anilines is 3. The summed E-state index contributed by atoms with van der Waals surface area (Å²) in [6.45, 7) is 0. The summed E-state index contributed by atoms with van der Waals surface area (Å²) >= 11 is 0. The first-order valence-corrected chi connectivity index (χ1v) is 16.3. The molecule has 0 saturated heterocycles. The van der Waals surface area contributed by atoms with Crippen molar-refractivity contribution in [2.75, 3.05) is 4.90 Å². The maximum absolute atomic E-state index is 9.98. The Morgan fingerprint density at radius 1 is 0.351 bits per heavy atom. The van der Waals surface area contributed by atoms with E-state index >= 15 is 0 Å². The van der Waals surface area contributed by atoms with E-state index < -0.39 is 300 Å². The number of rotatable bonds is 7. The number of aromatic nitrogens is 3. The predicted octanol–water partition coefficient (Wildman–Crippen LogP) is 13.8. The van der Waals surface area contributed by atoms with Crippen LogP contribution >= 0.6 is 0 Å². The maximum Gasteiger partial charge on any atom is 0.164 e. The lowest BCUT2D eigenvalue weighted by atomic mass is 10.0. The second-order valence-electron chi connectivity index (χ2n) is 11.6. The van der Waals surface area contributed by atoms with Gasteiger partial charge in [-0.05, 0) is 65.5 Å². The quantitative estimate of drug-likeness (QED) is 0.161. The number of hydrogen-bond acceptors (Lipinski definition) is 6. The molecule has 0 spiro atoms. The van der Waals surface area contributed by atoms with Crippen LogP contribution in [0.25, 0.3) is 89.2 Å². The van der Waals surface area contributed by atoms with Gasteiger partial charge in [0.05, 0.1) is 43.9 Å². The number of hydrogen-bond donors (Lipinski definition) is 0. The van der Waals surface area contributed by atoms with Crippen LogP contribution in [0.2, 0.25) is 0 Å². The zero-order chi connectivity index (χ0) is 65.6. The first-order valence-electron chi connectivity index (χ1n) is 32.3. The average molecular weight is 765 g/mol. The lowest BCUT2D eigenvalue weighted by Crippen LogP contribution is -2.09. The van der Waals surface area contributed by atoms with Gasteiger partial charge < -0.3 is 13.7 Å². The van der Waals surface area contributed by atoms with Crippen LogP contribution in [0.5, 0.6) is 0 Å². The normalized spacial score (nSPS) is 19.4. The summed E-state index contributed by atoms with van der Waals surface area (Å²) < 4.78 is 297. The molecule has 268 valence electrons. The van der Waals surface area contributed by atoms with Gasteiger partial charge >= 0.3 is 0 Å². The van der Waals surface area contributed by atoms with Crippen LogP contribution in [0.1, 0.15) is 43.9 Å². The molecular weight excluding hydrogens is 701 g/mol. The fraction of sp³-hybridized carbons (Fsp3) is 0. The molecule has 57 heavy (non-hydrogen) atoms. The molecule has 0 atom stereocenters. The van der Waals surface area contributed by atoms with E-state index in [-0.39, 0.29) is 0 Å². The van der Waals surface area contributed by atoms with Gasteiger partial charge in [-0.15, -0.1) is 0 Å². The SMILES string of the molecule is [2H]c1c([2H])c([2H])c(-c2nc(-c3c([2H])c([2H])c([2H])c([2H])c3[2H])nc(-c3c([2H])c([2H])c([2H])c4oc5c([2H])c(N(c6c([2H])c([2H])c(-c7c([2H])c([2H])c([2H])c([2H])c7[2H])c([2H])c6[2H])c6c([2H])c([2H])c7oc8c([2H])c([2H])c([2H])c([2H])c8c7c6[2H])c([2H])c([2H])c5c34)n2)c([2H])c1[2H]. The Kier molecular flexibility index (Phi) is 3.25. The van der Waals surface area contributed by atoms with Gasteiger partial charge in [-0.2, -0.15) is 0 Å². The Morgan fingerprint density at radius 2 is 0.877 bits per heavy atom. The molecule has 0 aliphatic rings. The minimum Gasteiger partial charge on any atom is -0.456 e. The van der Waals surface area contributed by atoms with Gasteiger partial charge in [0.1, 0.15) is 22.3 Å². The Hall–Kier alpha value is -7.83. The van der Waals surface area contributed by atoms with Crippen molar-refractivity contribution >= 4 is 60.9 Å². The molecule has 0 saturated carbocycles. The Bertz CT molecular complexity index is 4940. The van der Waals surface area contributed by atoms with Gasteiger partial charge in [0.25, 0.3) is 0 Å². The van der Waals surface area contributed by atoms with E-state index in [1.54, 1.807) is 0 Å². The Morgan fingerprint density at radius 3 is 1.60 bits per heavy atom. The van der Waals surface area contributed by atoms with Crippen LogP contribution in [-0.2, 0) is 0 Å². The second-order valence-corrected chi connectivity index (χ2v) is 11.6. The first kappa shape index (κ1) is 13.7. The van der Waals surface area contributed by atoms with E-state index in [1.807, 2.05) is 0 Å². The van der Waals surface area contributed by atoms with E-state index in [4.69, 9.17) is 37.6 Å². The molecule has 8 aromatic carbocycles. The molecule has 0 aliphatic carbocycles. The number of nitrogens with zero attached hydrogens (tertiary/aromatic N) is 4. The summed E-state index contributed by atoms with van der Waals surface area (Å²) in [7, 11) is 0. The van der Waals surface area contributed by atoms with Crippen molar-refractivity contribution in [1.82, 2.24) is 15.0 Å². The monoisotopic (exact) mass is 764 g/mol. The molecule has 0 unspecified atom stereocenters. The van der Waals surface area contributed by atoms with Gasteiger partial charge in [-0.1, -0.05) is 133 Å². The molecule has 11 rings (SSSR count). The molecular formula is C51H32N4O2. The highest BCUT2D eigenvalue weighted by atomic mass is 16.3. The minimum atomic E-state index is -1.25. The zero-order valence-corrected chi connectivity index (χ0v) is 28.1. The average Bonchev–Trinajstić information content (AvgIpc) is 1.67. The van der Waals surface area contributed by atoms with E-state index in [2.05, 4.69) is 15.0 Å². The van der Waals surface area contributed by atoms with Crippen LogP contribution < -0.4 is 4.90 Å². The second kappa shape index (κ2) is 13.5. The predicted molar refractivity (Wildman–Crippen MR) is 231 cm³/mol. The van der Waals surface area contributed by atoms with Gasteiger partial charge in [-0.3, -0.25) is 0 Å². The molecule has 0 bridgehead atoms. The molecule has 3 aromatic heterocycles. The summed E-state index contributed by atoms with van der Waals surface area (Å²) in [4.78, 5) is 13.3. The van der Waals surface area contributed by atoms with E-state index in [0.29, 0.717) is 4.90 Å². The van der Waals surface area contributed by atoms with Crippen molar-refractivity contribution in [3.63, 3.8) is 0 Å². The summed E-state index contributed by atoms with van der Waals surface area (Å²) in [6, 6.07) is -31.8. The smallest absolute Gasteiger partial charge is 0.164 e. The molecule has 0 fully saturated rings. The summed E-state index contributed by atoms with van der Waals surface area (Å²) in [5.41, 5.74) is -10.3. The minimum absolute atomic E-state index is 0.396. The van der Waals surface area contributed by atoms with Gasteiger partial charge in [-0.25, -0.2) is 15.0 Å². The van der Waals surface area contributed by atoms with Crippen molar-refractivity contribution < 1.29 is 52.7 Å². The molecule has 6 heteroatoms. The topological polar surface area (TPSA) is 68.2 Å². The standard InChI is InChI=1S/C51H32N4O2/c1-4-13-33(14-5-1)34-23-25-37(26-24-34)55(38-28-30-45-43(31-38)40-19-10-11-21-44(40)56-45)39-27-29-41-47(32-39)57-46-22-12-20-42(48(41)46)51-53-49(35-15-6-2-7-16-35)52-50(54-51)36-17-8-3-9-18-36/h1-32H/i1D,2D,3D,4D,5D,6D,7D,8D,9D,10D,11D,12D,13D,14D,15D,16D,17D,18D,19D,20D,21D,22D,23D,24D,25D,26D,27D,28D,29D,30D,31D,32D. The fourth-order valence-electron chi connectivity index (χ4n) is 5.81. The van der Waals surface area contributed by atoms with Crippen LogP contribution in [-0.4, -0.2) is 15.0 Å². The molecule has 0 aliphatic heterocycles. The third kappa shape index (κ3) is 5.79. The third-order valence-corrected chi connectivity index (χ3v) is 8.27. The lowest BCUT2D eigenvalue weighted by Gasteiger charge is -2.25. The molecule has 6 nitrogen and oxygen atoms in total. The lowest BCUT2D eigenvalue weighted by molar-refractivity contribution is 0.668. The van der Waals surface area contributed by atoms with Gasteiger partial charge in [0, 0.05) is 61.3 Å². The first-order chi connectivity index (χ1) is 41.6. The van der Waals surface area contributed by atoms with Crippen LogP contribution in [0, 0.1) is 0 Å². The van der Waals surface area contributed by atoms with Crippen molar-refractivity contribution in [2.24, 2.45) is 0 Å². The summed E-state index contributed by atoms with van der Waals surface area (Å²) in [5.74, 6) is -2.60. The maximum atomic E-state index is 9.98. The largest absolute Gasteiger partial charge is 0.456 e. The van der Waals surface area contributed by atoms with Crippen molar-refractivity contribution in [3.8, 4) is 45.3 Å². The number of para-hydroxylation sites is 1. The molecule has 0 N–H and O–H groups in total. The molecule has 0 amide bonds. The number of furan rings is 2. The van der Waals surface area contributed by atoms with Crippen molar-refractivity contribution in [2.45, 2.75) is 0 Å². The zero-order valence-electron chi connectivity index (χ0n) is 60.1. The summed E-state index contributed by atoms with van der Waals surface area (Å²) in [6.07, 6.45) is 0. The van der Waals surface area contributed by atoms with Gasteiger partial charge in [0.15, 0.2) is 17.5 Å². The molecule has 3 heterocycles. The molecule has 0 radical (unpaired) electrons. The molecule has 11 aromatic rings. The summed E-state index contributed by atoms with van der Waals surface area (Å²) in [5, 5.41) is -2.58. The van der Waals surface area contributed by atoms with E-state index in [1.165, 1.54) is 0 Å². The van der Waals surface area contributed by atoms with E-state index in [0.717, 1.165) is 0 Å². The Balaban J connectivity index is 1.31. The number of fused-ring (bicyclic) bond motifs is 6. The van der Waals surface area contributed by atoms with Crippen LogP contribution in [0.4, 0.5) is 17.1 Å².